The number of ether oxygens (including phenoxy) is 1. The first-order valence-corrected chi connectivity index (χ1v) is 7.92. The van der Waals surface area contributed by atoms with Gasteiger partial charge in [-0.05, 0) is 42.0 Å². The van der Waals surface area contributed by atoms with Crippen LogP contribution < -0.4 is 10.2 Å². The van der Waals surface area contributed by atoms with Gasteiger partial charge in [-0.2, -0.15) is 10.2 Å². The molecule has 0 fully saturated rings. The lowest BCUT2D eigenvalue weighted by molar-refractivity contribution is 0.0955. The van der Waals surface area contributed by atoms with Gasteiger partial charge in [0.2, 0.25) is 0 Å². The standard InChI is InChI=1S/C19H18N4O3/c1-26-17-6-7-18(24)16(11-17)12-20-22-19(25)15-5-2-4-14(10-15)13-23-9-3-8-21-23/h2-12,24H,13H2,1H3,(H,22,25)/b20-12-. The molecule has 0 unspecified atom stereocenters. The average Bonchev–Trinajstić information content (AvgIpc) is 3.16. The summed E-state index contributed by atoms with van der Waals surface area (Å²) in [6, 6.07) is 13.8. The quantitative estimate of drug-likeness (QED) is 0.528. The molecule has 2 N–H and O–H groups in total. The molecular formula is C19H18N4O3. The molecule has 0 saturated heterocycles. The number of hydrazone groups is 1. The smallest absolute Gasteiger partial charge is 0.271 e. The van der Waals surface area contributed by atoms with E-state index in [9.17, 15) is 9.90 Å². The van der Waals surface area contributed by atoms with Crippen molar-refractivity contribution in [3.8, 4) is 11.5 Å². The van der Waals surface area contributed by atoms with E-state index in [2.05, 4.69) is 15.6 Å². The van der Waals surface area contributed by atoms with E-state index in [0.29, 0.717) is 23.4 Å². The second kappa shape index (κ2) is 7.98. The fraction of sp³-hybridized carbons (Fsp3) is 0.105. The summed E-state index contributed by atoms with van der Waals surface area (Å²) in [4.78, 5) is 12.3. The number of hydrogen-bond donors (Lipinski definition) is 2. The third kappa shape index (κ3) is 4.27. The van der Waals surface area contributed by atoms with Crippen LogP contribution in [-0.2, 0) is 6.54 Å². The first-order chi connectivity index (χ1) is 12.7. The maximum atomic E-state index is 12.3. The maximum Gasteiger partial charge on any atom is 0.271 e. The van der Waals surface area contributed by atoms with Crippen LogP contribution in [-0.4, -0.2) is 34.1 Å². The third-order valence-corrected chi connectivity index (χ3v) is 3.70. The van der Waals surface area contributed by atoms with Crippen LogP contribution >= 0.6 is 0 Å². The van der Waals surface area contributed by atoms with E-state index in [4.69, 9.17) is 4.74 Å². The molecule has 3 aromatic rings. The maximum absolute atomic E-state index is 12.3. The van der Waals surface area contributed by atoms with Gasteiger partial charge in [0, 0.05) is 23.5 Å². The molecule has 7 nitrogen and oxygen atoms in total. The van der Waals surface area contributed by atoms with E-state index in [1.807, 2.05) is 24.4 Å². The Labute approximate surface area is 150 Å². The van der Waals surface area contributed by atoms with Gasteiger partial charge in [0.25, 0.3) is 5.91 Å². The lowest BCUT2D eigenvalue weighted by Crippen LogP contribution is -2.18. The predicted octanol–water partition coefficient (Wildman–Crippen LogP) is 2.41. The zero-order valence-corrected chi connectivity index (χ0v) is 14.2. The summed E-state index contributed by atoms with van der Waals surface area (Å²) in [7, 11) is 1.53. The van der Waals surface area contributed by atoms with Crippen molar-refractivity contribution in [2.24, 2.45) is 5.10 Å². The highest BCUT2D eigenvalue weighted by Gasteiger charge is 2.06. The Hall–Kier alpha value is -3.61. The van der Waals surface area contributed by atoms with E-state index in [-0.39, 0.29) is 11.7 Å². The minimum atomic E-state index is -0.342. The Kier molecular flexibility index (Phi) is 5.28. The number of carbonyl (C=O) groups excluding carboxylic acids is 1. The molecule has 3 rings (SSSR count). The molecule has 132 valence electrons. The molecule has 0 aliphatic carbocycles. The number of hydrogen-bond acceptors (Lipinski definition) is 5. The number of aromatic hydroxyl groups is 1. The monoisotopic (exact) mass is 350 g/mol. The summed E-state index contributed by atoms with van der Waals surface area (Å²) in [6.45, 7) is 0.578. The number of nitrogens with one attached hydrogen (secondary N) is 1. The van der Waals surface area contributed by atoms with E-state index < -0.39 is 0 Å². The van der Waals surface area contributed by atoms with Gasteiger partial charge in [-0.3, -0.25) is 9.48 Å². The number of amides is 1. The molecule has 2 aromatic carbocycles. The van der Waals surface area contributed by atoms with Crippen molar-refractivity contribution in [1.82, 2.24) is 15.2 Å². The predicted molar refractivity (Wildman–Crippen MR) is 97.5 cm³/mol. The molecule has 0 saturated carbocycles. The van der Waals surface area contributed by atoms with E-state index in [0.717, 1.165) is 5.56 Å². The Bertz CT molecular complexity index is 920. The second-order valence-corrected chi connectivity index (χ2v) is 5.53. The van der Waals surface area contributed by atoms with Gasteiger partial charge >= 0.3 is 0 Å². The van der Waals surface area contributed by atoms with Crippen LogP contribution in [0.4, 0.5) is 0 Å². The first kappa shape index (κ1) is 17.2. The fourth-order valence-corrected chi connectivity index (χ4v) is 2.38. The SMILES string of the molecule is COc1ccc(O)c(/C=N\NC(=O)c2cccc(Cn3cccn3)c2)c1. The lowest BCUT2D eigenvalue weighted by Gasteiger charge is -2.05. The second-order valence-electron chi connectivity index (χ2n) is 5.53. The van der Waals surface area contributed by atoms with E-state index in [1.54, 1.807) is 35.1 Å². The molecule has 1 aromatic heterocycles. The van der Waals surface area contributed by atoms with Crippen LogP contribution in [0.2, 0.25) is 0 Å². The van der Waals surface area contributed by atoms with Gasteiger partial charge in [0.1, 0.15) is 11.5 Å². The molecule has 0 spiro atoms. The zero-order valence-electron chi connectivity index (χ0n) is 14.2. The van der Waals surface area contributed by atoms with Crippen molar-refractivity contribution in [2.45, 2.75) is 6.54 Å². The van der Waals surface area contributed by atoms with Gasteiger partial charge < -0.3 is 9.84 Å². The van der Waals surface area contributed by atoms with Gasteiger partial charge in [-0.25, -0.2) is 5.43 Å². The van der Waals surface area contributed by atoms with Crippen LogP contribution in [0, 0.1) is 0 Å². The molecule has 26 heavy (non-hydrogen) atoms. The normalized spacial score (nSPS) is 10.8. The van der Waals surface area contributed by atoms with Gasteiger partial charge in [0.05, 0.1) is 19.9 Å². The minimum Gasteiger partial charge on any atom is -0.507 e. The van der Waals surface area contributed by atoms with Crippen molar-refractivity contribution in [1.29, 1.82) is 0 Å². The summed E-state index contributed by atoms with van der Waals surface area (Å²) < 4.78 is 6.87. The van der Waals surface area contributed by atoms with Crippen molar-refractivity contribution in [3.63, 3.8) is 0 Å². The van der Waals surface area contributed by atoms with Crippen molar-refractivity contribution >= 4 is 12.1 Å². The highest BCUT2D eigenvalue weighted by atomic mass is 16.5. The number of aromatic nitrogens is 2. The van der Waals surface area contributed by atoms with Crippen LogP contribution in [0.15, 0.2) is 66.0 Å². The molecule has 0 atom stereocenters. The molecule has 1 amide bonds. The largest absolute Gasteiger partial charge is 0.507 e. The van der Waals surface area contributed by atoms with Crippen molar-refractivity contribution in [3.05, 3.63) is 77.6 Å². The molecule has 0 aliphatic rings. The first-order valence-electron chi connectivity index (χ1n) is 7.92. The average molecular weight is 350 g/mol. The minimum absolute atomic E-state index is 0.0463. The van der Waals surface area contributed by atoms with Gasteiger partial charge in [-0.1, -0.05) is 12.1 Å². The Morgan fingerprint density at radius 3 is 2.96 bits per heavy atom. The number of rotatable bonds is 6. The van der Waals surface area contributed by atoms with Crippen LogP contribution in [0.3, 0.4) is 0 Å². The van der Waals surface area contributed by atoms with E-state index in [1.165, 1.54) is 19.4 Å². The zero-order chi connectivity index (χ0) is 18.4. The fourth-order valence-electron chi connectivity index (χ4n) is 2.38. The van der Waals surface area contributed by atoms with Crippen molar-refractivity contribution in [2.75, 3.05) is 7.11 Å². The van der Waals surface area contributed by atoms with Crippen LogP contribution in [0.1, 0.15) is 21.5 Å². The molecule has 0 aliphatic heterocycles. The molecule has 1 heterocycles. The number of benzene rings is 2. The third-order valence-electron chi connectivity index (χ3n) is 3.70. The Morgan fingerprint density at radius 2 is 2.19 bits per heavy atom. The topological polar surface area (TPSA) is 88.7 Å². The molecule has 7 heteroatoms. The van der Waals surface area contributed by atoms with Crippen molar-refractivity contribution < 1.29 is 14.6 Å². The van der Waals surface area contributed by atoms with Crippen LogP contribution in [0.25, 0.3) is 0 Å². The van der Waals surface area contributed by atoms with Gasteiger partial charge in [-0.15, -0.1) is 0 Å². The number of phenolic OH excluding ortho intramolecular Hbond substituents is 1. The number of nitrogens with zero attached hydrogens (tertiary/aromatic N) is 3. The summed E-state index contributed by atoms with van der Waals surface area (Å²) in [5.41, 5.74) is 4.34. The molecule has 0 bridgehead atoms. The highest BCUT2D eigenvalue weighted by molar-refractivity contribution is 5.95. The highest BCUT2D eigenvalue weighted by Crippen LogP contribution is 2.20. The van der Waals surface area contributed by atoms with Crippen LogP contribution in [0.5, 0.6) is 11.5 Å². The number of methoxy groups -OCH3 is 1. The number of phenols is 1. The molecular weight excluding hydrogens is 332 g/mol. The summed E-state index contributed by atoms with van der Waals surface area (Å²) in [6.07, 6.45) is 4.93. The Balaban J connectivity index is 1.66. The summed E-state index contributed by atoms with van der Waals surface area (Å²) in [5, 5.41) is 17.9. The Morgan fingerprint density at radius 1 is 1.31 bits per heavy atom. The number of carbonyl (C=O) groups is 1. The van der Waals surface area contributed by atoms with E-state index >= 15 is 0 Å². The molecule has 0 radical (unpaired) electrons. The lowest BCUT2D eigenvalue weighted by atomic mass is 10.1. The summed E-state index contributed by atoms with van der Waals surface area (Å²) >= 11 is 0. The summed E-state index contributed by atoms with van der Waals surface area (Å²) in [5.74, 6) is 0.290. The van der Waals surface area contributed by atoms with Gasteiger partial charge in [0.15, 0.2) is 0 Å².